The van der Waals surface area contributed by atoms with Crippen LogP contribution in [0.2, 0.25) is 0 Å². The second-order valence-corrected chi connectivity index (χ2v) is 10.7. The van der Waals surface area contributed by atoms with E-state index in [-0.39, 0.29) is 24.0 Å². The molecule has 174 valence electrons. The molecule has 4 bridgehead atoms. The predicted octanol–water partition coefficient (Wildman–Crippen LogP) is -0.797. The monoisotopic (exact) mass is 440 g/mol. The van der Waals surface area contributed by atoms with Crippen LogP contribution in [0.15, 0.2) is 0 Å². The van der Waals surface area contributed by atoms with Crippen LogP contribution >= 0.6 is 0 Å². The largest absolute Gasteiger partial charge is 1.00 e. The summed E-state index contributed by atoms with van der Waals surface area (Å²) in [7, 11) is 0. The molecule has 2 saturated heterocycles. The molecule has 6 fully saturated rings. The lowest BCUT2D eigenvalue weighted by atomic mass is 9.53. The van der Waals surface area contributed by atoms with E-state index < -0.39 is 0 Å². The number of amides is 2. The highest BCUT2D eigenvalue weighted by Gasteiger charge is 2.51. The standard InChI is InChI=1S/C17H29N3O.C6H14N2.ClH/c21-16(19-11-12-1-3-18-4-2-12)20-17-8-13-5-14(9-17)7-15(6-13)10-17;7-5-6-1-3-8-4-2-6;/h12-15,18H,1-11H2,(H2,19,20,21);6,8H,1-5,7H2;1H/p-1. The molecule has 0 aromatic carbocycles. The van der Waals surface area contributed by atoms with E-state index >= 15 is 0 Å². The van der Waals surface area contributed by atoms with Crippen LogP contribution in [0.3, 0.4) is 0 Å². The van der Waals surface area contributed by atoms with Gasteiger partial charge >= 0.3 is 6.03 Å². The number of nitrogens with two attached hydrogens (primary N) is 1. The normalized spacial score (nSPS) is 35.7. The van der Waals surface area contributed by atoms with E-state index in [1.54, 1.807) is 0 Å². The molecule has 0 aromatic rings. The molecule has 0 radical (unpaired) electrons. The van der Waals surface area contributed by atoms with Gasteiger partial charge in [0.05, 0.1) is 0 Å². The minimum atomic E-state index is 0. The van der Waals surface area contributed by atoms with E-state index in [1.165, 1.54) is 77.3 Å². The maximum atomic E-state index is 12.3. The second kappa shape index (κ2) is 11.3. The van der Waals surface area contributed by atoms with Gasteiger partial charge in [0, 0.05) is 12.1 Å². The molecule has 0 aromatic heterocycles. The summed E-state index contributed by atoms with van der Waals surface area (Å²) in [5.74, 6) is 4.13. The van der Waals surface area contributed by atoms with Crippen molar-refractivity contribution in [2.45, 2.75) is 69.7 Å². The van der Waals surface area contributed by atoms with Crippen LogP contribution in [0, 0.1) is 29.6 Å². The molecule has 6 nitrogen and oxygen atoms in total. The van der Waals surface area contributed by atoms with E-state index in [2.05, 4.69) is 21.3 Å². The summed E-state index contributed by atoms with van der Waals surface area (Å²) in [6, 6.07) is 0.0930. The Kier molecular flexibility index (Phi) is 9.11. The van der Waals surface area contributed by atoms with Crippen molar-refractivity contribution < 1.29 is 17.2 Å². The fourth-order valence-electron chi connectivity index (χ4n) is 6.99. The molecule has 2 aliphatic heterocycles. The molecule has 2 amide bonds. The van der Waals surface area contributed by atoms with Gasteiger partial charge in [0.1, 0.15) is 0 Å². The second-order valence-electron chi connectivity index (χ2n) is 10.7. The van der Waals surface area contributed by atoms with Crippen LogP contribution in [0.4, 0.5) is 4.79 Å². The number of carbonyl (C=O) groups excluding carboxylic acids is 1. The molecular weight excluding hydrogens is 398 g/mol. The Morgan fingerprint density at radius 2 is 1.30 bits per heavy atom. The highest BCUT2D eigenvalue weighted by molar-refractivity contribution is 5.74. The van der Waals surface area contributed by atoms with Gasteiger partial charge in [-0.3, -0.25) is 0 Å². The van der Waals surface area contributed by atoms with Crippen molar-refractivity contribution in [3.8, 4) is 0 Å². The molecule has 6 aliphatic rings. The van der Waals surface area contributed by atoms with Crippen molar-refractivity contribution in [3.63, 3.8) is 0 Å². The third-order valence-corrected chi connectivity index (χ3v) is 8.22. The minimum absolute atomic E-state index is 0. The summed E-state index contributed by atoms with van der Waals surface area (Å²) in [6.45, 7) is 6.26. The van der Waals surface area contributed by atoms with Crippen LogP contribution in [0.1, 0.15) is 64.2 Å². The third kappa shape index (κ3) is 6.47. The first-order valence-corrected chi connectivity index (χ1v) is 12.3. The smallest absolute Gasteiger partial charge is 0.315 e. The molecule has 7 heteroatoms. The van der Waals surface area contributed by atoms with Gasteiger partial charge in [-0.05, 0) is 127 Å². The Bertz CT molecular complexity index is 498. The fourth-order valence-corrected chi connectivity index (χ4v) is 6.99. The number of piperidine rings is 2. The van der Waals surface area contributed by atoms with Crippen molar-refractivity contribution in [3.05, 3.63) is 0 Å². The fraction of sp³-hybridized carbons (Fsp3) is 0.957. The van der Waals surface area contributed by atoms with E-state index in [0.29, 0.717) is 5.92 Å². The lowest BCUT2D eigenvalue weighted by Crippen LogP contribution is -3.00. The molecule has 0 spiro atoms. The van der Waals surface area contributed by atoms with Crippen molar-refractivity contribution in [2.24, 2.45) is 35.3 Å². The van der Waals surface area contributed by atoms with Crippen LogP contribution in [0.25, 0.3) is 0 Å². The van der Waals surface area contributed by atoms with Gasteiger partial charge in [0.25, 0.3) is 0 Å². The highest BCUT2D eigenvalue weighted by atomic mass is 35.5. The third-order valence-electron chi connectivity index (χ3n) is 8.22. The molecule has 30 heavy (non-hydrogen) atoms. The topological polar surface area (TPSA) is 91.2 Å². The van der Waals surface area contributed by atoms with Crippen molar-refractivity contribution in [1.29, 1.82) is 0 Å². The number of hydrogen-bond acceptors (Lipinski definition) is 4. The van der Waals surface area contributed by atoms with Gasteiger partial charge in [-0.2, -0.15) is 0 Å². The zero-order chi connectivity index (χ0) is 20.1. The zero-order valence-electron chi connectivity index (χ0n) is 18.6. The molecular formula is C23H43ClN5O-. The first-order valence-electron chi connectivity index (χ1n) is 12.3. The SMILES string of the molecule is NCC1CCNCC1.O=C(NCC1CCNCC1)NC12CC3CC(CC(C3)C1)C2.[Cl-]. The Morgan fingerprint density at radius 3 is 1.73 bits per heavy atom. The molecule has 6 rings (SSSR count). The van der Waals surface area contributed by atoms with Crippen molar-refractivity contribution in [1.82, 2.24) is 21.3 Å². The first kappa shape index (κ1) is 24.1. The molecule has 6 N–H and O–H groups in total. The summed E-state index contributed by atoms with van der Waals surface area (Å²) in [6.07, 6.45) is 12.9. The highest BCUT2D eigenvalue weighted by Crippen LogP contribution is 2.55. The maximum absolute atomic E-state index is 12.3. The van der Waals surface area contributed by atoms with E-state index in [9.17, 15) is 4.79 Å². The minimum Gasteiger partial charge on any atom is -1.00 e. The Labute approximate surface area is 189 Å². The van der Waals surface area contributed by atoms with E-state index in [4.69, 9.17) is 5.73 Å². The van der Waals surface area contributed by atoms with Gasteiger partial charge in [-0.1, -0.05) is 0 Å². The molecule has 4 aliphatic carbocycles. The lowest BCUT2D eigenvalue weighted by molar-refractivity contribution is -0.0136. The van der Waals surface area contributed by atoms with Crippen LogP contribution in [0.5, 0.6) is 0 Å². The maximum Gasteiger partial charge on any atom is 0.315 e. The van der Waals surface area contributed by atoms with Gasteiger partial charge in [0.15, 0.2) is 0 Å². The summed E-state index contributed by atoms with van der Waals surface area (Å²) >= 11 is 0. The first-order chi connectivity index (χ1) is 14.1. The van der Waals surface area contributed by atoms with Crippen LogP contribution in [-0.4, -0.2) is 50.8 Å². The number of nitrogens with one attached hydrogen (secondary N) is 4. The molecule has 0 unspecified atom stereocenters. The van der Waals surface area contributed by atoms with Gasteiger partial charge in [-0.15, -0.1) is 0 Å². The molecule has 4 saturated carbocycles. The Morgan fingerprint density at radius 1 is 0.833 bits per heavy atom. The number of carbonyl (C=O) groups is 1. The summed E-state index contributed by atoms with van der Waals surface area (Å²) in [5, 5.41) is 13.2. The summed E-state index contributed by atoms with van der Waals surface area (Å²) in [5.41, 5.74) is 5.62. The van der Waals surface area contributed by atoms with Crippen molar-refractivity contribution in [2.75, 3.05) is 39.3 Å². The Balaban J connectivity index is 0.000000242. The van der Waals surface area contributed by atoms with Crippen LogP contribution in [-0.2, 0) is 0 Å². The molecule has 2 heterocycles. The van der Waals surface area contributed by atoms with Crippen LogP contribution < -0.4 is 39.4 Å². The number of urea groups is 1. The average Bonchev–Trinajstić information content (AvgIpc) is 2.73. The van der Waals surface area contributed by atoms with E-state index in [1.807, 2.05) is 0 Å². The van der Waals surface area contributed by atoms with E-state index in [0.717, 1.165) is 49.9 Å². The van der Waals surface area contributed by atoms with Crippen molar-refractivity contribution >= 4 is 6.03 Å². The average molecular weight is 441 g/mol. The molecule has 0 atom stereocenters. The quantitative estimate of drug-likeness (QED) is 0.396. The zero-order valence-corrected chi connectivity index (χ0v) is 19.3. The summed E-state index contributed by atoms with van der Waals surface area (Å²) in [4.78, 5) is 12.3. The number of rotatable bonds is 4. The Hall–Kier alpha value is -0.560. The number of hydrogen-bond donors (Lipinski definition) is 5. The number of halogens is 1. The summed E-state index contributed by atoms with van der Waals surface area (Å²) < 4.78 is 0. The van der Waals surface area contributed by atoms with Gasteiger partial charge in [0.2, 0.25) is 0 Å². The lowest BCUT2D eigenvalue weighted by Gasteiger charge is -2.56. The van der Waals surface area contributed by atoms with Gasteiger partial charge in [-0.25, -0.2) is 4.79 Å². The predicted molar refractivity (Wildman–Crippen MR) is 118 cm³/mol. The van der Waals surface area contributed by atoms with Gasteiger partial charge < -0.3 is 39.4 Å².